The average Bonchev–Trinajstić information content (AvgIpc) is 3.19. The summed E-state index contributed by atoms with van der Waals surface area (Å²) >= 11 is 0. The zero-order chi connectivity index (χ0) is 19.5. The molecule has 0 unspecified atom stereocenters. The van der Waals surface area contributed by atoms with Crippen LogP contribution in [0.3, 0.4) is 0 Å². The highest BCUT2D eigenvalue weighted by Gasteiger charge is 2.25. The van der Waals surface area contributed by atoms with Crippen molar-refractivity contribution in [2.24, 2.45) is 5.92 Å². The highest BCUT2D eigenvalue weighted by atomic mass is 16.2. The summed E-state index contributed by atoms with van der Waals surface area (Å²) in [6.45, 7) is 4.81. The van der Waals surface area contributed by atoms with Crippen LogP contribution in [0.25, 0.3) is 10.9 Å². The molecule has 28 heavy (non-hydrogen) atoms. The number of aryl methyl sites for hydroxylation is 1. The summed E-state index contributed by atoms with van der Waals surface area (Å²) in [5.74, 6) is 0.479. The number of benzene rings is 2. The molecule has 1 N–H and O–H groups in total. The van der Waals surface area contributed by atoms with Crippen molar-refractivity contribution >= 4 is 28.3 Å². The number of rotatable bonds is 4. The smallest absolute Gasteiger partial charge is 0.321 e. The second-order valence-corrected chi connectivity index (χ2v) is 7.58. The van der Waals surface area contributed by atoms with Gasteiger partial charge in [-0.1, -0.05) is 24.3 Å². The summed E-state index contributed by atoms with van der Waals surface area (Å²) in [6, 6.07) is 18.3. The Balaban J connectivity index is 1.39. The Morgan fingerprint density at radius 1 is 1.18 bits per heavy atom. The third-order valence-corrected chi connectivity index (χ3v) is 5.50. The van der Waals surface area contributed by atoms with Crippen molar-refractivity contribution in [2.75, 3.05) is 36.9 Å². The van der Waals surface area contributed by atoms with Crippen molar-refractivity contribution in [3.8, 4) is 0 Å². The van der Waals surface area contributed by atoms with Gasteiger partial charge in [0.15, 0.2) is 0 Å². The lowest BCUT2D eigenvalue weighted by Gasteiger charge is -2.23. The van der Waals surface area contributed by atoms with E-state index in [4.69, 9.17) is 0 Å². The number of hydrogen-bond donors (Lipinski definition) is 1. The summed E-state index contributed by atoms with van der Waals surface area (Å²) < 4.78 is 0. The normalized spacial score (nSPS) is 16.4. The maximum atomic E-state index is 12.8. The summed E-state index contributed by atoms with van der Waals surface area (Å²) in [4.78, 5) is 21.4. The lowest BCUT2D eigenvalue weighted by molar-refractivity contribution is 0.215. The van der Waals surface area contributed by atoms with Gasteiger partial charge >= 0.3 is 6.03 Å². The monoisotopic (exact) mass is 374 g/mol. The Bertz CT molecular complexity index is 973. The summed E-state index contributed by atoms with van der Waals surface area (Å²) in [5.41, 5.74) is 4.10. The van der Waals surface area contributed by atoms with E-state index >= 15 is 0 Å². The van der Waals surface area contributed by atoms with Gasteiger partial charge in [0.2, 0.25) is 0 Å². The molecule has 5 heteroatoms. The molecule has 2 amide bonds. The predicted molar refractivity (Wildman–Crippen MR) is 115 cm³/mol. The summed E-state index contributed by atoms with van der Waals surface area (Å²) in [5, 5.41) is 4.03. The van der Waals surface area contributed by atoms with Gasteiger partial charge < -0.3 is 15.1 Å². The van der Waals surface area contributed by atoms with E-state index < -0.39 is 0 Å². The van der Waals surface area contributed by atoms with Crippen LogP contribution in [0.4, 0.5) is 16.2 Å². The average molecular weight is 374 g/mol. The number of urea groups is 1. The first kappa shape index (κ1) is 18.3. The van der Waals surface area contributed by atoms with E-state index in [1.54, 1.807) is 11.1 Å². The molecule has 1 aliphatic heterocycles. The molecule has 2 heterocycles. The van der Waals surface area contributed by atoms with Crippen LogP contribution in [0, 0.1) is 12.8 Å². The van der Waals surface area contributed by atoms with Crippen LogP contribution in [-0.2, 0) is 0 Å². The predicted octanol–water partition coefficient (Wildman–Crippen LogP) is 4.53. The Labute approximate surface area is 166 Å². The SMILES string of the molecule is Cc1ccc(NC(=O)N(C)C[C@@H]2CCN(c3ccccc3)C2)c2cccnc12. The van der Waals surface area contributed by atoms with Crippen molar-refractivity contribution in [2.45, 2.75) is 13.3 Å². The molecule has 0 bridgehead atoms. The molecule has 1 aliphatic rings. The fourth-order valence-electron chi connectivity index (χ4n) is 3.96. The number of carbonyl (C=O) groups excluding carboxylic acids is 1. The second kappa shape index (κ2) is 7.89. The maximum absolute atomic E-state index is 12.8. The highest BCUT2D eigenvalue weighted by Crippen LogP contribution is 2.26. The molecule has 4 rings (SSSR count). The van der Waals surface area contributed by atoms with E-state index in [1.807, 2.05) is 44.3 Å². The molecule has 1 atom stereocenters. The molecule has 1 saturated heterocycles. The Morgan fingerprint density at radius 3 is 2.82 bits per heavy atom. The number of fused-ring (bicyclic) bond motifs is 1. The zero-order valence-corrected chi connectivity index (χ0v) is 16.4. The zero-order valence-electron chi connectivity index (χ0n) is 16.4. The number of amides is 2. The minimum Gasteiger partial charge on any atom is -0.371 e. The van der Waals surface area contributed by atoms with Crippen LogP contribution in [0.5, 0.6) is 0 Å². The largest absolute Gasteiger partial charge is 0.371 e. The standard InChI is InChI=1S/C23H26N4O/c1-17-10-11-21(20-9-6-13-24-22(17)20)25-23(28)26(2)15-18-12-14-27(16-18)19-7-4-3-5-8-19/h3-11,13,18H,12,14-16H2,1-2H3,(H,25,28)/t18-/m0/s1. The highest BCUT2D eigenvalue weighted by molar-refractivity contribution is 6.01. The van der Waals surface area contributed by atoms with Crippen molar-refractivity contribution in [3.63, 3.8) is 0 Å². The number of nitrogens with zero attached hydrogens (tertiary/aromatic N) is 3. The van der Waals surface area contributed by atoms with Crippen molar-refractivity contribution < 1.29 is 4.79 Å². The molecule has 0 spiro atoms. The van der Waals surface area contributed by atoms with E-state index in [0.29, 0.717) is 5.92 Å². The van der Waals surface area contributed by atoms with Crippen molar-refractivity contribution in [3.05, 3.63) is 66.4 Å². The van der Waals surface area contributed by atoms with Crippen LogP contribution in [-0.4, -0.2) is 42.6 Å². The van der Waals surface area contributed by atoms with Gasteiger partial charge in [0, 0.05) is 44.0 Å². The van der Waals surface area contributed by atoms with Crippen molar-refractivity contribution in [1.82, 2.24) is 9.88 Å². The first-order chi connectivity index (χ1) is 13.6. The molecule has 0 radical (unpaired) electrons. The minimum absolute atomic E-state index is 0.0767. The van der Waals surface area contributed by atoms with E-state index in [-0.39, 0.29) is 6.03 Å². The van der Waals surface area contributed by atoms with Crippen molar-refractivity contribution in [1.29, 1.82) is 0 Å². The Morgan fingerprint density at radius 2 is 2.00 bits per heavy atom. The molecule has 0 aliphatic carbocycles. The Kier molecular flexibility index (Phi) is 5.15. The van der Waals surface area contributed by atoms with Crippen LogP contribution in [0.1, 0.15) is 12.0 Å². The maximum Gasteiger partial charge on any atom is 0.321 e. The molecule has 0 saturated carbocycles. The molecule has 1 fully saturated rings. The van der Waals surface area contributed by atoms with Gasteiger partial charge in [0.05, 0.1) is 11.2 Å². The van der Waals surface area contributed by atoms with Gasteiger partial charge in [0.25, 0.3) is 0 Å². The lowest BCUT2D eigenvalue weighted by atomic mass is 10.1. The van der Waals surface area contributed by atoms with Gasteiger partial charge in [0.1, 0.15) is 0 Å². The topological polar surface area (TPSA) is 48.5 Å². The van der Waals surface area contributed by atoms with Crippen LogP contribution < -0.4 is 10.2 Å². The third-order valence-electron chi connectivity index (χ3n) is 5.50. The van der Waals surface area contributed by atoms with E-state index in [9.17, 15) is 4.79 Å². The molecule has 5 nitrogen and oxygen atoms in total. The number of para-hydroxylation sites is 1. The quantitative estimate of drug-likeness (QED) is 0.730. The van der Waals surface area contributed by atoms with E-state index in [1.165, 1.54) is 5.69 Å². The van der Waals surface area contributed by atoms with Gasteiger partial charge in [-0.15, -0.1) is 0 Å². The molecular weight excluding hydrogens is 348 g/mol. The molecular formula is C23H26N4O. The second-order valence-electron chi connectivity index (χ2n) is 7.58. The first-order valence-electron chi connectivity index (χ1n) is 9.78. The fraction of sp³-hybridized carbons (Fsp3) is 0.304. The van der Waals surface area contributed by atoms with E-state index in [0.717, 1.165) is 48.2 Å². The number of carbonyl (C=O) groups is 1. The van der Waals surface area contributed by atoms with E-state index in [2.05, 4.69) is 39.5 Å². The molecule has 3 aromatic rings. The molecule has 2 aromatic carbocycles. The van der Waals surface area contributed by atoms with Gasteiger partial charge in [-0.2, -0.15) is 0 Å². The number of aromatic nitrogens is 1. The lowest BCUT2D eigenvalue weighted by Crippen LogP contribution is -2.36. The first-order valence-corrected chi connectivity index (χ1v) is 9.78. The number of pyridine rings is 1. The van der Waals surface area contributed by atoms with Crippen LogP contribution in [0.2, 0.25) is 0 Å². The molecule has 144 valence electrons. The van der Waals surface area contributed by atoms with Crippen LogP contribution in [0.15, 0.2) is 60.8 Å². The third kappa shape index (κ3) is 3.79. The van der Waals surface area contributed by atoms with Gasteiger partial charge in [-0.05, 0) is 55.2 Å². The number of nitrogens with one attached hydrogen (secondary N) is 1. The number of anilines is 2. The molecule has 1 aromatic heterocycles. The van der Waals surface area contributed by atoms with Crippen LogP contribution >= 0.6 is 0 Å². The van der Waals surface area contributed by atoms with Gasteiger partial charge in [-0.3, -0.25) is 4.98 Å². The number of hydrogen-bond acceptors (Lipinski definition) is 3. The van der Waals surface area contributed by atoms with Gasteiger partial charge in [-0.25, -0.2) is 4.79 Å². The summed E-state index contributed by atoms with van der Waals surface area (Å²) in [7, 11) is 1.87. The Hall–Kier alpha value is -3.08. The summed E-state index contributed by atoms with van der Waals surface area (Å²) in [6.07, 6.45) is 2.88. The minimum atomic E-state index is -0.0767. The fourth-order valence-corrected chi connectivity index (χ4v) is 3.96.